The second kappa shape index (κ2) is 5.13. The molecule has 0 saturated heterocycles. The van der Waals surface area contributed by atoms with Crippen LogP contribution in [0.15, 0.2) is 26.5 Å². The van der Waals surface area contributed by atoms with E-state index in [2.05, 4.69) is 10.2 Å². The van der Waals surface area contributed by atoms with Gasteiger partial charge in [-0.2, -0.15) is 0 Å². The largest absolute Gasteiger partial charge is 0.481 e. The lowest BCUT2D eigenvalue weighted by atomic mass is 10.4. The summed E-state index contributed by atoms with van der Waals surface area (Å²) in [6.07, 6.45) is 0. The molecule has 0 atom stereocenters. The number of aliphatic carboxylic acids is 1. The number of aromatic nitrogens is 3. The van der Waals surface area contributed by atoms with Crippen molar-refractivity contribution in [2.24, 2.45) is 0 Å². The van der Waals surface area contributed by atoms with Gasteiger partial charge in [-0.1, -0.05) is 11.8 Å². The maximum atomic E-state index is 11.5. The van der Waals surface area contributed by atoms with Crippen LogP contribution in [0.1, 0.15) is 11.5 Å². The summed E-state index contributed by atoms with van der Waals surface area (Å²) in [6.45, 7) is 2.03. The summed E-state index contributed by atoms with van der Waals surface area (Å²) in [5, 5.41) is 15.0. The number of aryl methyl sites for hydroxylation is 1. The number of thioether (sulfide) groups is 1. The zero-order valence-corrected chi connectivity index (χ0v) is 10.4. The Morgan fingerprint density at radius 3 is 3.00 bits per heavy atom. The lowest BCUT2D eigenvalue weighted by molar-refractivity contribution is -0.133. The molecule has 2 heterocycles. The number of hydrogen-bond donors (Lipinski definition) is 2. The van der Waals surface area contributed by atoms with Gasteiger partial charge in [-0.3, -0.25) is 9.36 Å². The molecule has 2 N–H and O–H groups in total. The third-order valence-corrected chi connectivity index (χ3v) is 3.12. The Morgan fingerprint density at radius 2 is 2.39 bits per heavy atom. The Hall–Kier alpha value is -1.96. The van der Waals surface area contributed by atoms with Crippen molar-refractivity contribution in [3.8, 4) is 0 Å². The third kappa shape index (κ3) is 2.83. The molecule has 2 aromatic rings. The number of nitrogens with zero attached hydrogens (tertiary/aromatic N) is 2. The van der Waals surface area contributed by atoms with E-state index in [0.29, 0.717) is 10.9 Å². The zero-order valence-electron chi connectivity index (χ0n) is 9.54. The van der Waals surface area contributed by atoms with Crippen molar-refractivity contribution in [2.75, 3.05) is 5.75 Å². The van der Waals surface area contributed by atoms with E-state index < -0.39 is 11.7 Å². The first-order valence-electron chi connectivity index (χ1n) is 5.11. The summed E-state index contributed by atoms with van der Waals surface area (Å²) >= 11 is 0.981. The van der Waals surface area contributed by atoms with Crippen LogP contribution in [-0.2, 0) is 11.3 Å². The molecule has 7 nitrogen and oxygen atoms in total. The quantitative estimate of drug-likeness (QED) is 0.775. The first-order valence-corrected chi connectivity index (χ1v) is 6.10. The van der Waals surface area contributed by atoms with Crippen molar-refractivity contribution in [1.29, 1.82) is 0 Å². The van der Waals surface area contributed by atoms with Crippen molar-refractivity contribution < 1.29 is 14.3 Å². The predicted molar refractivity (Wildman–Crippen MR) is 63.8 cm³/mol. The number of carboxylic acids is 1. The van der Waals surface area contributed by atoms with Crippen molar-refractivity contribution in [3.63, 3.8) is 0 Å². The molecular weight excluding hydrogens is 258 g/mol. The highest BCUT2D eigenvalue weighted by Gasteiger charge is 2.12. The molecule has 8 heteroatoms. The molecule has 18 heavy (non-hydrogen) atoms. The van der Waals surface area contributed by atoms with Crippen LogP contribution in [0.5, 0.6) is 0 Å². The molecule has 0 aliphatic heterocycles. The van der Waals surface area contributed by atoms with Gasteiger partial charge in [0, 0.05) is 0 Å². The fourth-order valence-electron chi connectivity index (χ4n) is 1.41. The monoisotopic (exact) mass is 269 g/mol. The highest BCUT2D eigenvalue weighted by Crippen LogP contribution is 2.15. The van der Waals surface area contributed by atoms with Crippen LogP contribution in [0, 0.1) is 6.92 Å². The molecule has 0 aliphatic rings. The van der Waals surface area contributed by atoms with E-state index in [4.69, 9.17) is 9.52 Å². The maximum absolute atomic E-state index is 11.5. The lowest BCUT2D eigenvalue weighted by Gasteiger charge is -2.01. The molecule has 0 aromatic carbocycles. The standard InChI is InChI=1S/C10H11N3O4S/c1-6-2-3-7(17-6)4-13-9(16)11-12-10(13)18-5-8(14)15/h2-3H,4-5H2,1H3,(H,11,16)(H,14,15). The fourth-order valence-corrected chi connectivity index (χ4v) is 2.07. The summed E-state index contributed by atoms with van der Waals surface area (Å²) < 4.78 is 6.70. The molecule has 0 radical (unpaired) electrons. The molecular formula is C10H11N3O4S. The van der Waals surface area contributed by atoms with Crippen molar-refractivity contribution >= 4 is 17.7 Å². The highest BCUT2D eigenvalue weighted by molar-refractivity contribution is 7.99. The van der Waals surface area contributed by atoms with E-state index in [0.717, 1.165) is 17.5 Å². The Morgan fingerprint density at radius 1 is 1.61 bits per heavy atom. The summed E-state index contributed by atoms with van der Waals surface area (Å²) in [6, 6.07) is 3.56. The zero-order chi connectivity index (χ0) is 13.1. The number of carboxylic acid groups (broad SMARTS) is 1. The number of furan rings is 1. The van der Waals surface area contributed by atoms with Gasteiger partial charge in [0.25, 0.3) is 0 Å². The van der Waals surface area contributed by atoms with Crippen molar-refractivity contribution in [3.05, 3.63) is 34.1 Å². The Bertz CT molecular complexity index is 613. The van der Waals surface area contributed by atoms with E-state index in [-0.39, 0.29) is 12.3 Å². The Balaban J connectivity index is 2.18. The minimum Gasteiger partial charge on any atom is -0.481 e. The molecule has 0 spiro atoms. The van der Waals surface area contributed by atoms with Crippen LogP contribution in [0.2, 0.25) is 0 Å². The van der Waals surface area contributed by atoms with E-state index >= 15 is 0 Å². The molecule has 96 valence electrons. The average Bonchev–Trinajstić information content (AvgIpc) is 2.85. The van der Waals surface area contributed by atoms with Gasteiger partial charge in [0.15, 0.2) is 5.16 Å². The number of aromatic amines is 1. The van der Waals surface area contributed by atoms with E-state index in [9.17, 15) is 9.59 Å². The molecule has 0 amide bonds. The number of H-pyrrole nitrogens is 1. The summed E-state index contributed by atoms with van der Waals surface area (Å²) in [5.41, 5.74) is -0.392. The minimum absolute atomic E-state index is 0.151. The van der Waals surface area contributed by atoms with Crippen LogP contribution in [-0.4, -0.2) is 31.6 Å². The Labute approximate surface area is 106 Å². The van der Waals surface area contributed by atoms with E-state index in [1.54, 1.807) is 12.1 Å². The number of hydrogen-bond acceptors (Lipinski definition) is 5. The lowest BCUT2D eigenvalue weighted by Crippen LogP contribution is -2.18. The molecule has 0 aliphatic carbocycles. The highest BCUT2D eigenvalue weighted by atomic mass is 32.2. The molecule has 0 unspecified atom stereocenters. The summed E-state index contributed by atoms with van der Waals surface area (Å²) in [4.78, 5) is 22.0. The molecule has 2 aromatic heterocycles. The smallest absolute Gasteiger partial charge is 0.344 e. The average molecular weight is 269 g/mol. The van der Waals surface area contributed by atoms with Crippen molar-refractivity contribution in [1.82, 2.24) is 14.8 Å². The van der Waals surface area contributed by atoms with Crippen LogP contribution < -0.4 is 5.69 Å². The van der Waals surface area contributed by atoms with E-state index in [1.807, 2.05) is 6.92 Å². The van der Waals surface area contributed by atoms with Crippen LogP contribution in [0.4, 0.5) is 0 Å². The third-order valence-electron chi connectivity index (χ3n) is 2.16. The molecule has 0 fully saturated rings. The van der Waals surface area contributed by atoms with Crippen molar-refractivity contribution in [2.45, 2.75) is 18.6 Å². The van der Waals surface area contributed by atoms with Crippen LogP contribution >= 0.6 is 11.8 Å². The normalized spacial score (nSPS) is 10.7. The number of carbonyl (C=O) groups is 1. The molecule has 2 rings (SSSR count). The van der Waals surface area contributed by atoms with Gasteiger partial charge in [-0.05, 0) is 19.1 Å². The second-order valence-electron chi connectivity index (χ2n) is 3.59. The van der Waals surface area contributed by atoms with Gasteiger partial charge in [-0.15, -0.1) is 5.10 Å². The first-order chi connectivity index (χ1) is 8.56. The van der Waals surface area contributed by atoms with Gasteiger partial charge in [0.1, 0.15) is 11.5 Å². The topological polar surface area (TPSA) is 101 Å². The van der Waals surface area contributed by atoms with Gasteiger partial charge in [0.05, 0.1) is 12.3 Å². The van der Waals surface area contributed by atoms with E-state index in [1.165, 1.54) is 4.57 Å². The summed E-state index contributed by atoms with van der Waals surface area (Å²) in [7, 11) is 0. The number of nitrogens with one attached hydrogen (secondary N) is 1. The van der Waals surface area contributed by atoms with Gasteiger partial charge in [-0.25, -0.2) is 9.89 Å². The predicted octanol–water partition coefficient (Wildman–Crippen LogP) is 0.698. The summed E-state index contributed by atoms with van der Waals surface area (Å²) in [5.74, 6) is 0.256. The SMILES string of the molecule is Cc1ccc(Cn2c(SCC(=O)O)n[nH]c2=O)o1. The van der Waals surface area contributed by atoms with Gasteiger partial charge >= 0.3 is 11.7 Å². The molecule has 0 saturated carbocycles. The first kappa shape index (κ1) is 12.5. The maximum Gasteiger partial charge on any atom is 0.344 e. The second-order valence-corrected chi connectivity index (χ2v) is 4.53. The molecule has 0 bridgehead atoms. The van der Waals surface area contributed by atoms with Crippen LogP contribution in [0.3, 0.4) is 0 Å². The van der Waals surface area contributed by atoms with Gasteiger partial charge in [0.2, 0.25) is 0 Å². The fraction of sp³-hybridized carbons (Fsp3) is 0.300. The van der Waals surface area contributed by atoms with Crippen LogP contribution in [0.25, 0.3) is 0 Å². The van der Waals surface area contributed by atoms with Gasteiger partial charge < -0.3 is 9.52 Å². The number of rotatable bonds is 5. The Kier molecular flexibility index (Phi) is 3.56. The minimum atomic E-state index is -0.962.